The van der Waals surface area contributed by atoms with Crippen LogP contribution in [0.1, 0.15) is 25.5 Å². The average Bonchev–Trinajstić information content (AvgIpc) is 2.93. The van der Waals surface area contributed by atoms with Crippen LogP contribution in [0.5, 0.6) is 0 Å². The number of halogens is 3. The average molecular weight is 345 g/mol. The number of carbonyl (C=O) groups excluding carboxylic acids is 1. The smallest absolute Gasteiger partial charge is 0.325 e. The van der Waals surface area contributed by atoms with Gasteiger partial charge in [-0.1, -0.05) is 23.9 Å². The Morgan fingerprint density at radius 1 is 1.35 bits per heavy atom. The molecule has 1 aromatic carbocycles. The predicted molar refractivity (Wildman–Crippen MR) is 79.0 cm³/mol. The molecule has 10 heteroatoms. The van der Waals surface area contributed by atoms with E-state index in [-0.39, 0.29) is 17.5 Å². The van der Waals surface area contributed by atoms with E-state index in [9.17, 15) is 18.0 Å². The van der Waals surface area contributed by atoms with Crippen molar-refractivity contribution in [3.8, 4) is 0 Å². The molecule has 1 heterocycles. The van der Waals surface area contributed by atoms with E-state index in [2.05, 4.69) is 20.8 Å². The number of amides is 1. The molecule has 0 saturated carbocycles. The SMILES string of the molecule is CC(C)n1nnnc1SCC(=O)Nc1ccccc1C(F)(F)F. The van der Waals surface area contributed by atoms with Gasteiger partial charge in [0.15, 0.2) is 0 Å². The molecule has 6 nitrogen and oxygen atoms in total. The third-order valence-corrected chi connectivity index (χ3v) is 3.72. The molecule has 0 atom stereocenters. The number of hydrogen-bond acceptors (Lipinski definition) is 5. The second-order valence-electron chi connectivity index (χ2n) is 4.88. The van der Waals surface area contributed by atoms with Gasteiger partial charge in [-0.3, -0.25) is 4.79 Å². The number of rotatable bonds is 5. The molecule has 23 heavy (non-hydrogen) atoms. The molecule has 0 spiro atoms. The Morgan fingerprint density at radius 2 is 2.04 bits per heavy atom. The van der Waals surface area contributed by atoms with Crippen LogP contribution in [0, 0.1) is 0 Å². The normalized spacial score (nSPS) is 11.7. The van der Waals surface area contributed by atoms with E-state index in [1.165, 1.54) is 22.9 Å². The fourth-order valence-corrected chi connectivity index (χ4v) is 2.57. The van der Waals surface area contributed by atoms with E-state index in [0.29, 0.717) is 5.16 Å². The summed E-state index contributed by atoms with van der Waals surface area (Å²) in [6.07, 6.45) is -4.53. The summed E-state index contributed by atoms with van der Waals surface area (Å²) in [5.41, 5.74) is -1.15. The molecule has 1 aromatic heterocycles. The van der Waals surface area contributed by atoms with Crippen LogP contribution in [0.25, 0.3) is 0 Å². The van der Waals surface area contributed by atoms with Gasteiger partial charge in [-0.25, -0.2) is 4.68 Å². The van der Waals surface area contributed by atoms with Crippen LogP contribution in [0.15, 0.2) is 29.4 Å². The highest BCUT2D eigenvalue weighted by atomic mass is 32.2. The number of para-hydroxylation sites is 1. The first kappa shape index (κ1) is 17.3. The van der Waals surface area contributed by atoms with Gasteiger partial charge in [0.2, 0.25) is 11.1 Å². The van der Waals surface area contributed by atoms with Gasteiger partial charge >= 0.3 is 6.18 Å². The fourth-order valence-electron chi connectivity index (χ4n) is 1.76. The van der Waals surface area contributed by atoms with Crippen molar-refractivity contribution in [2.24, 2.45) is 0 Å². The van der Waals surface area contributed by atoms with Gasteiger partial charge < -0.3 is 5.32 Å². The van der Waals surface area contributed by atoms with Crippen LogP contribution < -0.4 is 5.32 Å². The van der Waals surface area contributed by atoms with Crippen molar-refractivity contribution in [1.82, 2.24) is 20.2 Å². The highest BCUT2D eigenvalue weighted by molar-refractivity contribution is 7.99. The van der Waals surface area contributed by atoms with E-state index in [1.807, 2.05) is 13.8 Å². The van der Waals surface area contributed by atoms with Crippen molar-refractivity contribution in [2.45, 2.75) is 31.2 Å². The lowest BCUT2D eigenvalue weighted by Crippen LogP contribution is -2.18. The summed E-state index contributed by atoms with van der Waals surface area (Å²) < 4.78 is 40.1. The summed E-state index contributed by atoms with van der Waals surface area (Å²) in [4.78, 5) is 11.9. The fraction of sp³-hybridized carbons (Fsp3) is 0.385. The molecule has 0 aliphatic heterocycles. The zero-order chi connectivity index (χ0) is 17.0. The number of hydrogen-bond donors (Lipinski definition) is 1. The molecular formula is C13H14F3N5OS. The number of alkyl halides is 3. The van der Waals surface area contributed by atoms with Gasteiger partial charge in [-0.05, 0) is 36.4 Å². The van der Waals surface area contributed by atoms with E-state index in [1.54, 1.807) is 0 Å². The molecule has 2 rings (SSSR count). The van der Waals surface area contributed by atoms with E-state index in [0.717, 1.165) is 17.8 Å². The zero-order valence-corrected chi connectivity index (χ0v) is 13.1. The van der Waals surface area contributed by atoms with Gasteiger partial charge in [0.25, 0.3) is 0 Å². The van der Waals surface area contributed by atoms with Crippen molar-refractivity contribution in [3.63, 3.8) is 0 Å². The minimum absolute atomic E-state index is 0.0153. The summed E-state index contributed by atoms with van der Waals surface area (Å²) in [7, 11) is 0. The highest BCUT2D eigenvalue weighted by Crippen LogP contribution is 2.34. The molecule has 0 radical (unpaired) electrons. The largest absolute Gasteiger partial charge is 0.418 e. The van der Waals surface area contributed by atoms with Crippen LogP contribution in [0.3, 0.4) is 0 Å². The molecule has 0 aliphatic carbocycles. The van der Waals surface area contributed by atoms with Crippen molar-refractivity contribution < 1.29 is 18.0 Å². The summed E-state index contributed by atoms with van der Waals surface area (Å²) >= 11 is 1.06. The molecule has 0 bridgehead atoms. The van der Waals surface area contributed by atoms with E-state index >= 15 is 0 Å². The maximum Gasteiger partial charge on any atom is 0.418 e. The number of anilines is 1. The predicted octanol–water partition coefficient (Wildman–Crippen LogP) is 3.00. The summed E-state index contributed by atoms with van der Waals surface area (Å²) in [6, 6.07) is 4.84. The second-order valence-corrected chi connectivity index (χ2v) is 5.82. The first-order chi connectivity index (χ1) is 10.8. The first-order valence-corrected chi connectivity index (χ1v) is 7.64. The van der Waals surface area contributed by atoms with Gasteiger partial charge in [-0.15, -0.1) is 5.10 Å². The third-order valence-electron chi connectivity index (χ3n) is 2.79. The van der Waals surface area contributed by atoms with Crippen LogP contribution in [-0.4, -0.2) is 31.9 Å². The van der Waals surface area contributed by atoms with Gasteiger partial charge in [-0.2, -0.15) is 13.2 Å². The third kappa shape index (κ3) is 4.44. The number of carbonyl (C=O) groups is 1. The van der Waals surface area contributed by atoms with E-state index < -0.39 is 17.6 Å². The minimum Gasteiger partial charge on any atom is -0.325 e. The molecule has 0 fully saturated rings. The Hall–Kier alpha value is -2.10. The van der Waals surface area contributed by atoms with E-state index in [4.69, 9.17) is 0 Å². The lowest BCUT2D eigenvalue weighted by molar-refractivity contribution is -0.137. The standard InChI is InChI=1S/C13H14F3N5OS/c1-8(2)21-12(18-19-20-21)23-7-11(22)17-10-6-4-3-5-9(10)13(14,15)16/h3-6,8H,7H2,1-2H3,(H,17,22). The number of thioether (sulfide) groups is 1. The summed E-state index contributed by atoms with van der Waals surface area (Å²) in [5, 5.41) is 13.8. The Kier molecular flexibility index (Phi) is 5.24. The van der Waals surface area contributed by atoms with Crippen molar-refractivity contribution >= 4 is 23.4 Å². The molecule has 0 saturated heterocycles. The summed E-state index contributed by atoms with van der Waals surface area (Å²) in [6.45, 7) is 3.75. The second kappa shape index (κ2) is 6.99. The number of nitrogens with zero attached hydrogens (tertiary/aromatic N) is 4. The first-order valence-electron chi connectivity index (χ1n) is 6.65. The molecule has 0 unspecified atom stereocenters. The summed E-state index contributed by atoms with van der Waals surface area (Å²) in [5.74, 6) is -0.663. The molecule has 2 aromatic rings. The van der Waals surface area contributed by atoms with Crippen molar-refractivity contribution in [3.05, 3.63) is 29.8 Å². The van der Waals surface area contributed by atoms with Gasteiger partial charge in [0.1, 0.15) is 0 Å². The number of aromatic nitrogens is 4. The monoisotopic (exact) mass is 345 g/mol. The van der Waals surface area contributed by atoms with Crippen molar-refractivity contribution in [1.29, 1.82) is 0 Å². The van der Waals surface area contributed by atoms with Crippen LogP contribution in [-0.2, 0) is 11.0 Å². The van der Waals surface area contributed by atoms with Crippen LogP contribution >= 0.6 is 11.8 Å². The Bertz CT molecular complexity index is 686. The molecular weight excluding hydrogens is 331 g/mol. The lowest BCUT2D eigenvalue weighted by atomic mass is 10.1. The molecule has 1 amide bonds. The molecule has 124 valence electrons. The number of nitrogens with one attached hydrogen (secondary N) is 1. The highest BCUT2D eigenvalue weighted by Gasteiger charge is 2.33. The molecule has 1 N–H and O–H groups in total. The quantitative estimate of drug-likeness (QED) is 0.844. The number of benzene rings is 1. The maximum absolute atomic E-state index is 12.9. The Labute approximate surface area is 134 Å². The maximum atomic E-state index is 12.9. The Morgan fingerprint density at radius 3 is 2.70 bits per heavy atom. The molecule has 0 aliphatic rings. The lowest BCUT2D eigenvalue weighted by Gasteiger charge is -2.13. The van der Waals surface area contributed by atoms with Gasteiger partial charge in [0, 0.05) is 0 Å². The zero-order valence-electron chi connectivity index (χ0n) is 12.3. The topological polar surface area (TPSA) is 72.7 Å². The Balaban J connectivity index is 2.02. The van der Waals surface area contributed by atoms with Crippen molar-refractivity contribution in [2.75, 3.05) is 11.1 Å². The van der Waals surface area contributed by atoms with Crippen LogP contribution in [0.4, 0.5) is 18.9 Å². The van der Waals surface area contributed by atoms with Crippen LogP contribution in [0.2, 0.25) is 0 Å². The van der Waals surface area contributed by atoms with Gasteiger partial charge in [0.05, 0.1) is 23.0 Å². The minimum atomic E-state index is -4.53. The number of tetrazole rings is 1.